The summed E-state index contributed by atoms with van der Waals surface area (Å²) in [4.78, 5) is 0. The molecule has 2 N–H and O–H groups in total. The van der Waals surface area contributed by atoms with Gasteiger partial charge in [-0.3, -0.25) is 0 Å². The topological polar surface area (TPSA) is 41.5 Å². The fraction of sp³-hybridized carbons (Fsp3) is 1.00. The van der Waals surface area contributed by atoms with E-state index >= 15 is 0 Å². The molecule has 0 aromatic heterocycles. The van der Waals surface area contributed by atoms with Crippen LogP contribution < -0.4 is 5.32 Å². The van der Waals surface area contributed by atoms with E-state index < -0.39 is 0 Å². The van der Waals surface area contributed by atoms with Crippen LogP contribution in [-0.2, 0) is 4.74 Å². The van der Waals surface area contributed by atoms with Crippen LogP contribution in [0.4, 0.5) is 0 Å². The number of ether oxygens (including phenoxy) is 1. The Balaban J connectivity index is 2.26. The molecule has 1 aliphatic heterocycles. The predicted molar refractivity (Wildman–Crippen MR) is 52.7 cm³/mol. The summed E-state index contributed by atoms with van der Waals surface area (Å²) in [6.45, 7) is 5.11. The highest BCUT2D eigenvalue weighted by Gasteiger charge is 2.22. The maximum absolute atomic E-state index is 9.20. The second-order valence-electron chi connectivity index (χ2n) is 3.69. The van der Waals surface area contributed by atoms with Crippen molar-refractivity contribution in [2.75, 3.05) is 26.4 Å². The lowest BCUT2D eigenvalue weighted by Gasteiger charge is -2.29. The fourth-order valence-electron chi connectivity index (χ4n) is 1.83. The van der Waals surface area contributed by atoms with Gasteiger partial charge in [0.2, 0.25) is 0 Å². The lowest BCUT2D eigenvalue weighted by molar-refractivity contribution is 0.0439. The van der Waals surface area contributed by atoms with Gasteiger partial charge in [-0.1, -0.05) is 6.92 Å². The van der Waals surface area contributed by atoms with Crippen LogP contribution in [0.15, 0.2) is 0 Å². The maximum Gasteiger partial charge on any atom is 0.0587 e. The molecule has 0 amide bonds. The van der Waals surface area contributed by atoms with Crippen LogP contribution in [-0.4, -0.2) is 37.5 Å². The summed E-state index contributed by atoms with van der Waals surface area (Å²) >= 11 is 0. The molecule has 0 radical (unpaired) electrons. The number of nitrogens with one attached hydrogen (secondary N) is 1. The van der Waals surface area contributed by atoms with E-state index in [4.69, 9.17) is 4.74 Å². The van der Waals surface area contributed by atoms with Crippen molar-refractivity contribution in [1.82, 2.24) is 5.32 Å². The van der Waals surface area contributed by atoms with Crippen LogP contribution in [0.3, 0.4) is 0 Å². The first-order valence-electron chi connectivity index (χ1n) is 5.30. The van der Waals surface area contributed by atoms with Gasteiger partial charge < -0.3 is 15.2 Å². The summed E-state index contributed by atoms with van der Waals surface area (Å²) < 4.78 is 5.29. The average molecular weight is 187 g/mol. The summed E-state index contributed by atoms with van der Waals surface area (Å²) in [6.07, 6.45) is 3.30. The number of hydrogen-bond acceptors (Lipinski definition) is 3. The van der Waals surface area contributed by atoms with Crippen molar-refractivity contribution in [2.24, 2.45) is 5.92 Å². The summed E-state index contributed by atoms with van der Waals surface area (Å²) in [7, 11) is 0. The molecule has 1 unspecified atom stereocenters. The summed E-state index contributed by atoms with van der Waals surface area (Å²) in [5.74, 6) is 0.602. The highest BCUT2D eigenvalue weighted by atomic mass is 16.5. The van der Waals surface area contributed by atoms with Gasteiger partial charge in [-0.25, -0.2) is 0 Å². The Morgan fingerprint density at radius 1 is 1.46 bits per heavy atom. The number of aliphatic hydroxyl groups is 1. The molecule has 13 heavy (non-hydrogen) atoms. The van der Waals surface area contributed by atoms with Crippen LogP contribution >= 0.6 is 0 Å². The Morgan fingerprint density at radius 2 is 2.15 bits per heavy atom. The van der Waals surface area contributed by atoms with Gasteiger partial charge in [0.05, 0.1) is 6.61 Å². The van der Waals surface area contributed by atoms with Gasteiger partial charge in [0, 0.05) is 19.3 Å². The Hall–Kier alpha value is -0.120. The Kier molecular flexibility index (Phi) is 5.35. The molecule has 0 aliphatic carbocycles. The Bertz CT molecular complexity index is 124. The molecule has 1 heterocycles. The molecule has 3 heteroatoms. The van der Waals surface area contributed by atoms with Gasteiger partial charge in [-0.05, 0) is 31.7 Å². The minimum absolute atomic E-state index is 0.255. The molecule has 1 aliphatic rings. The molecule has 1 saturated heterocycles. The predicted octanol–water partition coefficient (Wildman–Crippen LogP) is 0.773. The van der Waals surface area contributed by atoms with Crippen LogP contribution in [0, 0.1) is 5.92 Å². The van der Waals surface area contributed by atoms with Crippen molar-refractivity contribution in [2.45, 2.75) is 32.2 Å². The van der Waals surface area contributed by atoms with Gasteiger partial charge in [0.15, 0.2) is 0 Å². The van der Waals surface area contributed by atoms with E-state index in [-0.39, 0.29) is 12.6 Å². The summed E-state index contributed by atoms with van der Waals surface area (Å²) in [5.41, 5.74) is 0. The molecular formula is C10H21NO2. The quantitative estimate of drug-likeness (QED) is 0.668. The minimum Gasteiger partial charge on any atom is -0.395 e. The third-order valence-electron chi connectivity index (χ3n) is 2.69. The fourth-order valence-corrected chi connectivity index (χ4v) is 1.83. The zero-order valence-corrected chi connectivity index (χ0v) is 8.46. The van der Waals surface area contributed by atoms with E-state index in [1.54, 1.807) is 0 Å². The zero-order valence-electron chi connectivity index (χ0n) is 8.46. The zero-order chi connectivity index (χ0) is 9.52. The van der Waals surface area contributed by atoms with Gasteiger partial charge >= 0.3 is 0 Å². The highest BCUT2D eigenvalue weighted by Crippen LogP contribution is 2.18. The SMILES string of the molecule is CCCNC(CO)C1CCOCC1. The normalized spacial score (nSPS) is 21.7. The second-order valence-corrected chi connectivity index (χ2v) is 3.69. The van der Waals surface area contributed by atoms with Crippen molar-refractivity contribution >= 4 is 0 Å². The van der Waals surface area contributed by atoms with E-state index in [0.717, 1.165) is 39.0 Å². The third kappa shape index (κ3) is 3.63. The first-order chi connectivity index (χ1) is 6.38. The third-order valence-corrected chi connectivity index (χ3v) is 2.69. The molecule has 1 fully saturated rings. The van der Waals surface area contributed by atoms with Crippen molar-refractivity contribution in [3.8, 4) is 0 Å². The van der Waals surface area contributed by atoms with Crippen LogP contribution in [0.1, 0.15) is 26.2 Å². The Labute approximate surface area is 80.5 Å². The molecule has 78 valence electrons. The lowest BCUT2D eigenvalue weighted by atomic mass is 9.92. The summed E-state index contributed by atoms with van der Waals surface area (Å²) in [5, 5.41) is 12.6. The first-order valence-corrected chi connectivity index (χ1v) is 5.30. The van der Waals surface area contributed by atoms with E-state index in [1.807, 2.05) is 0 Å². The first kappa shape index (κ1) is 11.0. The standard InChI is InChI=1S/C10H21NO2/c1-2-5-11-10(8-12)9-3-6-13-7-4-9/h9-12H,2-8H2,1H3. The highest BCUT2D eigenvalue weighted by molar-refractivity contribution is 4.77. The lowest BCUT2D eigenvalue weighted by Crippen LogP contribution is -2.42. The molecular weight excluding hydrogens is 166 g/mol. The molecule has 0 saturated carbocycles. The largest absolute Gasteiger partial charge is 0.395 e. The van der Waals surface area contributed by atoms with E-state index in [1.165, 1.54) is 0 Å². The van der Waals surface area contributed by atoms with Crippen molar-refractivity contribution in [1.29, 1.82) is 0 Å². The smallest absolute Gasteiger partial charge is 0.0587 e. The van der Waals surface area contributed by atoms with Crippen molar-refractivity contribution in [3.05, 3.63) is 0 Å². The van der Waals surface area contributed by atoms with Crippen molar-refractivity contribution in [3.63, 3.8) is 0 Å². The monoisotopic (exact) mass is 187 g/mol. The van der Waals surface area contributed by atoms with Gasteiger partial charge in [0.1, 0.15) is 0 Å². The van der Waals surface area contributed by atoms with E-state index in [9.17, 15) is 5.11 Å². The van der Waals surface area contributed by atoms with Gasteiger partial charge in [0.25, 0.3) is 0 Å². The van der Waals surface area contributed by atoms with Crippen molar-refractivity contribution < 1.29 is 9.84 Å². The number of hydrogen-bond donors (Lipinski definition) is 2. The molecule has 1 rings (SSSR count). The molecule has 0 bridgehead atoms. The summed E-state index contributed by atoms with van der Waals surface area (Å²) in [6, 6.07) is 0.281. The van der Waals surface area contributed by atoms with Gasteiger partial charge in [-0.15, -0.1) is 0 Å². The molecule has 0 spiro atoms. The Morgan fingerprint density at radius 3 is 2.69 bits per heavy atom. The molecule has 0 aromatic rings. The van der Waals surface area contributed by atoms with E-state index in [0.29, 0.717) is 5.92 Å². The maximum atomic E-state index is 9.20. The molecule has 0 aromatic carbocycles. The number of aliphatic hydroxyl groups excluding tert-OH is 1. The molecule has 1 atom stereocenters. The van der Waals surface area contributed by atoms with E-state index in [2.05, 4.69) is 12.2 Å². The van der Waals surface area contributed by atoms with Crippen LogP contribution in [0.2, 0.25) is 0 Å². The van der Waals surface area contributed by atoms with Gasteiger partial charge in [-0.2, -0.15) is 0 Å². The number of rotatable bonds is 5. The average Bonchev–Trinajstić information content (AvgIpc) is 2.21. The molecule has 3 nitrogen and oxygen atoms in total. The van der Waals surface area contributed by atoms with Crippen LogP contribution in [0.25, 0.3) is 0 Å². The van der Waals surface area contributed by atoms with Crippen LogP contribution in [0.5, 0.6) is 0 Å². The minimum atomic E-state index is 0.255. The second kappa shape index (κ2) is 6.35.